The average molecular weight is 323 g/mol. The van der Waals surface area contributed by atoms with Crippen LogP contribution in [0, 0.1) is 6.92 Å². The van der Waals surface area contributed by atoms with Crippen molar-refractivity contribution in [1.82, 2.24) is 0 Å². The smallest absolute Gasteiger partial charge is 0.0262 e. The van der Waals surface area contributed by atoms with Crippen molar-refractivity contribution < 1.29 is 0 Å². The van der Waals surface area contributed by atoms with Crippen LogP contribution in [0.1, 0.15) is 43.4 Å². The second kappa shape index (κ2) is 18.7. The fourth-order valence-electron chi connectivity index (χ4n) is 1.73. The second-order valence-corrected chi connectivity index (χ2v) is 5.11. The lowest BCUT2D eigenvalue weighted by Gasteiger charge is -1.96. The second-order valence-electron chi connectivity index (χ2n) is 5.11. The van der Waals surface area contributed by atoms with Crippen molar-refractivity contribution in [3.05, 3.63) is 104 Å². The molecule has 0 bridgehead atoms. The number of allylic oxidation sites excluding steroid dienone is 1. The molecule has 0 unspecified atom stereocenters. The molecule has 0 N–H and O–H groups in total. The van der Waals surface area contributed by atoms with Crippen molar-refractivity contribution in [3.8, 4) is 0 Å². The highest BCUT2D eigenvalue weighted by Crippen LogP contribution is 2.03. The Morgan fingerprint density at radius 1 is 0.875 bits per heavy atom. The monoisotopic (exact) mass is 322 g/mol. The molecule has 0 nitrogen and oxygen atoms in total. The standard InChI is InChI=1S/C10H14.C9H10.C3H6.C2H4/c1-2-3-7-10-8-5-4-6-9-10;1-3-9-6-4-8(2)5-7-9;1-3-2;1-2/h4-6,8-9H,2-3,7H2,1H3;3-7H,1H2,2H3;3H,1H2,2H3;1-2H2. The van der Waals surface area contributed by atoms with Crippen molar-refractivity contribution in [1.29, 1.82) is 0 Å². The molecule has 130 valence electrons. The maximum atomic E-state index is 3.66. The van der Waals surface area contributed by atoms with Gasteiger partial charge in [0.05, 0.1) is 0 Å². The Morgan fingerprint density at radius 3 is 1.79 bits per heavy atom. The Morgan fingerprint density at radius 2 is 1.38 bits per heavy atom. The molecule has 0 aliphatic heterocycles. The van der Waals surface area contributed by atoms with E-state index in [0.29, 0.717) is 0 Å². The summed E-state index contributed by atoms with van der Waals surface area (Å²) in [6.07, 6.45) is 7.43. The van der Waals surface area contributed by atoms with Crippen LogP contribution in [0.15, 0.2) is 87.0 Å². The Balaban J connectivity index is 0. The maximum absolute atomic E-state index is 3.66. The Hall–Kier alpha value is -2.34. The molecule has 0 saturated carbocycles. The van der Waals surface area contributed by atoms with Gasteiger partial charge in [0, 0.05) is 0 Å². The summed E-state index contributed by atoms with van der Waals surface area (Å²) in [5.41, 5.74) is 3.94. The molecule has 0 radical (unpaired) electrons. The minimum absolute atomic E-state index is 1.18. The van der Waals surface area contributed by atoms with E-state index in [2.05, 4.69) is 94.8 Å². The molecule has 0 saturated heterocycles. The van der Waals surface area contributed by atoms with E-state index in [4.69, 9.17) is 0 Å². The van der Waals surface area contributed by atoms with E-state index in [1.165, 1.54) is 36.0 Å². The van der Waals surface area contributed by atoms with Crippen LogP contribution in [0.3, 0.4) is 0 Å². The van der Waals surface area contributed by atoms with Crippen molar-refractivity contribution >= 4 is 6.08 Å². The van der Waals surface area contributed by atoms with Gasteiger partial charge >= 0.3 is 0 Å². The zero-order chi connectivity index (χ0) is 18.6. The lowest BCUT2D eigenvalue weighted by molar-refractivity contribution is 0.795. The fourth-order valence-corrected chi connectivity index (χ4v) is 1.73. The molecule has 0 amide bonds. The summed E-state index contributed by atoms with van der Waals surface area (Å²) in [5.74, 6) is 0. The first-order valence-electron chi connectivity index (χ1n) is 8.48. The molecule has 2 aromatic carbocycles. The molecule has 0 heteroatoms. The topological polar surface area (TPSA) is 0 Å². The summed E-state index contributed by atoms with van der Waals surface area (Å²) in [6.45, 7) is 19.2. The van der Waals surface area contributed by atoms with Crippen molar-refractivity contribution in [2.75, 3.05) is 0 Å². The minimum atomic E-state index is 1.18. The zero-order valence-electron chi connectivity index (χ0n) is 15.8. The number of aryl methyl sites for hydroxylation is 2. The third-order valence-corrected chi connectivity index (χ3v) is 2.97. The van der Waals surface area contributed by atoms with Gasteiger partial charge in [0.2, 0.25) is 0 Å². The van der Waals surface area contributed by atoms with Crippen molar-refractivity contribution in [2.24, 2.45) is 0 Å². The highest BCUT2D eigenvalue weighted by molar-refractivity contribution is 5.46. The van der Waals surface area contributed by atoms with Crippen LogP contribution < -0.4 is 0 Å². The summed E-state index contributed by atoms with van der Waals surface area (Å²) in [4.78, 5) is 0. The third kappa shape index (κ3) is 14.6. The van der Waals surface area contributed by atoms with Crippen LogP contribution in [-0.4, -0.2) is 0 Å². The first kappa shape index (κ1) is 23.9. The predicted molar refractivity (Wildman–Crippen MR) is 113 cm³/mol. The Kier molecular flexibility index (Phi) is 18.6. The first-order valence-corrected chi connectivity index (χ1v) is 8.48. The van der Waals surface area contributed by atoms with Crippen LogP contribution >= 0.6 is 0 Å². The van der Waals surface area contributed by atoms with Gasteiger partial charge in [0.15, 0.2) is 0 Å². The summed E-state index contributed by atoms with van der Waals surface area (Å²) in [7, 11) is 0. The predicted octanol–water partition coefficient (Wildman–Crippen LogP) is 7.66. The highest BCUT2D eigenvalue weighted by Gasteiger charge is 1.87. The quantitative estimate of drug-likeness (QED) is 0.507. The molecule has 2 rings (SSSR count). The molecule has 0 heterocycles. The molecule has 2 aromatic rings. The van der Waals surface area contributed by atoms with Crippen LogP contribution in [0.4, 0.5) is 0 Å². The van der Waals surface area contributed by atoms with Crippen LogP contribution in [-0.2, 0) is 6.42 Å². The van der Waals surface area contributed by atoms with Crippen molar-refractivity contribution in [2.45, 2.75) is 40.0 Å². The Labute approximate surface area is 150 Å². The number of unbranched alkanes of at least 4 members (excludes halogenated alkanes) is 1. The normalized spacial score (nSPS) is 8.12. The lowest BCUT2D eigenvalue weighted by atomic mass is 10.1. The van der Waals surface area contributed by atoms with Gasteiger partial charge in [-0.1, -0.05) is 92.2 Å². The number of hydrogen-bond donors (Lipinski definition) is 0. The van der Waals surface area contributed by atoms with Gasteiger partial charge in [-0.25, -0.2) is 0 Å². The zero-order valence-corrected chi connectivity index (χ0v) is 15.8. The third-order valence-electron chi connectivity index (χ3n) is 2.97. The van der Waals surface area contributed by atoms with Gasteiger partial charge in [-0.2, -0.15) is 0 Å². The van der Waals surface area contributed by atoms with Crippen LogP contribution in [0.2, 0.25) is 0 Å². The van der Waals surface area contributed by atoms with Gasteiger partial charge in [0.25, 0.3) is 0 Å². The van der Waals surface area contributed by atoms with Crippen molar-refractivity contribution in [3.63, 3.8) is 0 Å². The molecule has 0 aliphatic rings. The molecular weight excluding hydrogens is 288 g/mol. The average Bonchev–Trinajstić information content (AvgIpc) is 2.64. The van der Waals surface area contributed by atoms with E-state index >= 15 is 0 Å². The molecule has 0 fully saturated rings. The summed E-state index contributed by atoms with van der Waals surface area (Å²) >= 11 is 0. The fraction of sp³-hybridized carbons (Fsp3) is 0.250. The maximum Gasteiger partial charge on any atom is -0.0262 e. The number of rotatable bonds is 4. The number of benzene rings is 2. The largest absolute Gasteiger partial charge is 0.106 e. The summed E-state index contributed by atoms with van der Waals surface area (Å²) in [5, 5.41) is 0. The highest BCUT2D eigenvalue weighted by atomic mass is 13.9. The Bertz CT molecular complexity index is 505. The SMILES string of the molecule is C=C.C=CC.C=Cc1ccc(C)cc1.CCCCc1ccccc1. The minimum Gasteiger partial charge on any atom is -0.106 e. The van der Waals surface area contributed by atoms with E-state index in [1.807, 2.05) is 13.0 Å². The van der Waals surface area contributed by atoms with Gasteiger partial charge in [-0.15, -0.1) is 19.7 Å². The van der Waals surface area contributed by atoms with E-state index in [-0.39, 0.29) is 0 Å². The van der Waals surface area contributed by atoms with Gasteiger partial charge in [-0.05, 0) is 37.8 Å². The first-order chi connectivity index (χ1) is 11.7. The molecule has 0 aromatic heterocycles. The summed E-state index contributed by atoms with van der Waals surface area (Å²) < 4.78 is 0. The van der Waals surface area contributed by atoms with E-state index < -0.39 is 0 Å². The van der Waals surface area contributed by atoms with Gasteiger partial charge in [0.1, 0.15) is 0 Å². The van der Waals surface area contributed by atoms with Crippen LogP contribution in [0.5, 0.6) is 0 Å². The number of hydrogen-bond acceptors (Lipinski definition) is 0. The van der Waals surface area contributed by atoms with Gasteiger partial charge in [-0.3, -0.25) is 0 Å². The van der Waals surface area contributed by atoms with Crippen LogP contribution in [0.25, 0.3) is 6.08 Å². The molecule has 24 heavy (non-hydrogen) atoms. The summed E-state index contributed by atoms with van der Waals surface area (Å²) in [6, 6.07) is 18.9. The van der Waals surface area contributed by atoms with E-state index in [9.17, 15) is 0 Å². The van der Waals surface area contributed by atoms with Gasteiger partial charge < -0.3 is 0 Å². The lowest BCUT2D eigenvalue weighted by Crippen LogP contribution is -1.81. The van der Waals surface area contributed by atoms with E-state index in [1.54, 1.807) is 6.08 Å². The molecule has 0 atom stereocenters. The van der Waals surface area contributed by atoms with E-state index in [0.717, 1.165) is 0 Å². The molecule has 0 spiro atoms. The molecular formula is C24H34. The molecule has 0 aliphatic carbocycles.